The third-order valence-corrected chi connectivity index (χ3v) is 2.68. The number of carbonyl (C=O) groups excluding carboxylic acids is 1. The van der Waals surface area contributed by atoms with Gasteiger partial charge in [-0.2, -0.15) is 0 Å². The fraction of sp³-hybridized carbons (Fsp3) is 0.214. The number of nitrogen functional groups attached to an aromatic ring is 1. The highest BCUT2D eigenvalue weighted by Gasteiger charge is 2.04. The molecule has 2 aromatic rings. The molecule has 110 valence electrons. The van der Waals surface area contributed by atoms with Gasteiger partial charge < -0.3 is 21.1 Å². The van der Waals surface area contributed by atoms with Crippen LogP contribution in [0, 0.1) is 0 Å². The second-order valence-corrected chi connectivity index (χ2v) is 4.23. The Bertz CT molecular complexity index is 583. The van der Waals surface area contributed by atoms with Gasteiger partial charge in [0, 0.05) is 12.7 Å². The molecule has 1 amide bonds. The minimum atomic E-state index is -0.263. The zero-order valence-corrected chi connectivity index (χ0v) is 11.7. The Kier molecular flexibility index (Phi) is 4.92. The summed E-state index contributed by atoms with van der Waals surface area (Å²) in [5.74, 6) is 1.08. The number of hydrogen-bond donors (Lipinski definition) is 3. The predicted molar refractivity (Wildman–Crippen MR) is 80.3 cm³/mol. The highest BCUT2D eigenvalue weighted by molar-refractivity contribution is 5.91. The van der Waals surface area contributed by atoms with Crippen molar-refractivity contribution in [3.8, 4) is 5.75 Å². The summed E-state index contributed by atoms with van der Waals surface area (Å²) in [7, 11) is 1.55. The fourth-order valence-electron chi connectivity index (χ4n) is 1.59. The van der Waals surface area contributed by atoms with Crippen LogP contribution >= 0.6 is 0 Å². The molecule has 0 aliphatic heterocycles. The standard InChI is InChI=1S/C14H17N5O2/c1-16-14(20)12-6-7-13(19-18-12)17-8-9-21-11-4-2-10(15)3-5-11/h2-7H,8-9,15H2,1H3,(H,16,20)(H,17,19). The van der Waals surface area contributed by atoms with Crippen LogP contribution < -0.4 is 21.1 Å². The first kappa shape index (κ1) is 14.6. The normalized spacial score (nSPS) is 9.95. The topological polar surface area (TPSA) is 102 Å². The SMILES string of the molecule is CNC(=O)c1ccc(NCCOc2ccc(N)cc2)nn1. The van der Waals surface area contributed by atoms with E-state index in [9.17, 15) is 4.79 Å². The Morgan fingerprint density at radius 3 is 2.57 bits per heavy atom. The first-order valence-electron chi connectivity index (χ1n) is 6.47. The summed E-state index contributed by atoms with van der Waals surface area (Å²) in [4.78, 5) is 11.3. The quantitative estimate of drug-likeness (QED) is 0.539. The van der Waals surface area contributed by atoms with Crippen LogP contribution in [0.2, 0.25) is 0 Å². The van der Waals surface area contributed by atoms with E-state index < -0.39 is 0 Å². The molecule has 4 N–H and O–H groups in total. The molecule has 0 fully saturated rings. The van der Waals surface area contributed by atoms with Crippen molar-refractivity contribution in [1.82, 2.24) is 15.5 Å². The minimum absolute atomic E-state index is 0.263. The maximum Gasteiger partial charge on any atom is 0.271 e. The fourth-order valence-corrected chi connectivity index (χ4v) is 1.59. The molecule has 7 heteroatoms. The van der Waals surface area contributed by atoms with E-state index in [0.717, 1.165) is 5.75 Å². The van der Waals surface area contributed by atoms with E-state index in [2.05, 4.69) is 20.8 Å². The van der Waals surface area contributed by atoms with Crippen LogP contribution in [0.4, 0.5) is 11.5 Å². The first-order chi connectivity index (χ1) is 10.2. The van der Waals surface area contributed by atoms with E-state index in [-0.39, 0.29) is 11.6 Å². The lowest BCUT2D eigenvalue weighted by molar-refractivity contribution is 0.0957. The van der Waals surface area contributed by atoms with E-state index in [1.807, 2.05) is 12.1 Å². The summed E-state index contributed by atoms with van der Waals surface area (Å²) in [6, 6.07) is 10.5. The molecule has 0 saturated carbocycles. The van der Waals surface area contributed by atoms with Crippen LogP contribution in [0.3, 0.4) is 0 Å². The molecule has 0 aliphatic rings. The maximum atomic E-state index is 11.3. The number of anilines is 2. The average molecular weight is 287 g/mol. The molecule has 0 atom stereocenters. The summed E-state index contributed by atoms with van der Waals surface area (Å²) in [5.41, 5.74) is 6.57. The maximum absolute atomic E-state index is 11.3. The highest BCUT2D eigenvalue weighted by Crippen LogP contribution is 2.12. The van der Waals surface area contributed by atoms with E-state index in [1.54, 1.807) is 31.3 Å². The minimum Gasteiger partial charge on any atom is -0.492 e. The number of benzene rings is 1. The number of rotatable bonds is 6. The lowest BCUT2D eigenvalue weighted by Crippen LogP contribution is -2.20. The van der Waals surface area contributed by atoms with Crippen molar-refractivity contribution in [1.29, 1.82) is 0 Å². The van der Waals surface area contributed by atoms with E-state index >= 15 is 0 Å². The van der Waals surface area contributed by atoms with E-state index in [0.29, 0.717) is 24.7 Å². The Morgan fingerprint density at radius 1 is 1.19 bits per heavy atom. The summed E-state index contributed by atoms with van der Waals surface area (Å²) in [6.45, 7) is 1.04. The predicted octanol–water partition coefficient (Wildman–Crippen LogP) is 0.909. The van der Waals surface area contributed by atoms with Crippen LogP contribution in [-0.2, 0) is 0 Å². The number of carbonyl (C=O) groups is 1. The Balaban J connectivity index is 1.75. The third-order valence-electron chi connectivity index (χ3n) is 2.68. The lowest BCUT2D eigenvalue weighted by Gasteiger charge is -2.08. The van der Waals surface area contributed by atoms with Gasteiger partial charge in [0.05, 0.1) is 6.54 Å². The number of nitrogens with zero attached hydrogens (tertiary/aromatic N) is 2. The van der Waals surface area contributed by atoms with Gasteiger partial charge in [0.1, 0.15) is 18.2 Å². The zero-order chi connectivity index (χ0) is 15.1. The molecule has 0 saturated heterocycles. The molecular weight excluding hydrogens is 270 g/mol. The number of aromatic nitrogens is 2. The summed E-state index contributed by atoms with van der Waals surface area (Å²) in [5, 5.41) is 13.3. The van der Waals surface area contributed by atoms with Gasteiger partial charge in [-0.25, -0.2) is 0 Å². The summed E-state index contributed by atoms with van der Waals surface area (Å²) in [6.07, 6.45) is 0. The lowest BCUT2D eigenvalue weighted by atomic mass is 10.3. The molecule has 1 aromatic heterocycles. The molecule has 0 unspecified atom stereocenters. The third kappa shape index (κ3) is 4.34. The van der Waals surface area contributed by atoms with Gasteiger partial charge in [0.25, 0.3) is 5.91 Å². The van der Waals surface area contributed by atoms with Gasteiger partial charge in [0.15, 0.2) is 5.69 Å². The van der Waals surface area contributed by atoms with Gasteiger partial charge in [-0.1, -0.05) is 0 Å². The molecule has 1 aromatic carbocycles. The van der Waals surface area contributed by atoms with Gasteiger partial charge in [0.2, 0.25) is 0 Å². The van der Waals surface area contributed by atoms with Crippen molar-refractivity contribution in [3.05, 3.63) is 42.1 Å². The van der Waals surface area contributed by atoms with Crippen molar-refractivity contribution in [3.63, 3.8) is 0 Å². The van der Waals surface area contributed by atoms with Crippen LogP contribution in [0.25, 0.3) is 0 Å². The van der Waals surface area contributed by atoms with Gasteiger partial charge in [-0.15, -0.1) is 10.2 Å². The number of ether oxygens (including phenoxy) is 1. The van der Waals surface area contributed by atoms with Crippen LogP contribution in [0.1, 0.15) is 10.5 Å². The average Bonchev–Trinajstić information content (AvgIpc) is 2.53. The van der Waals surface area contributed by atoms with Gasteiger partial charge in [-0.3, -0.25) is 4.79 Å². The molecule has 0 radical (unpaired) electrons. The number of hydrogen-bond acceptors (Lipinski definition) is 6. The van der Waals surface area contributed by atoms with Crippen molar-refractivity contribution in [2.75, 3.05) is 31.2 Å². The van der Waals surface area contributed by atoms with Crippen LogP contribution in [-0.4, -0.2) is 36.3 Å². The highest BCUT2D eigenvalue weighted by atomic mass is 16.5. The Hall–Kier alpha value is -2.83. The van der Waals surface area contributed by atoms with Crippen LogP contribution in [0.5, 0.6) is 5.75 Å². The first-order valence-corrected chi connectivity index (χ1v) is 6.47. The molecule has 0 aliphatic carbocycles. The molecule has 0 spiro atoms. The number of nitrogens with one attached hydrogen (secondary N) is 2. The summed E-state index contributed by atoms with van der Waals surface area (Å²) >= 11 is 0. The summed E-state index contributed by atoms with van der Waals surface area (Å²) < 4.78 is 5.53. The van der Waals surface area contributed by atoms with Crippen molar-refractivity contribution < 1.29 is 9.53 Å². The Morgan fingerprint density at radius 2 is 1.95 bits per heavy atom. The zero-order valence-electron chi connectivity index (χ0n) is 11.7. The molecule has 2 rings (SSSR count). The monoisotopic (exact) mass is 287 g/mol. The van der Waals surface area contributed by atoms with Crippen molar-refractivity contribution in [2.45, 2.75) is 0 Å². The number of amides is 1. The molecule has 21 heavy (non-hydrogen) atoms. The number of nitrogens with two attached hydrogens (primary N) is 1. The second kappa shape index (κ2) is 7.09. The van der Waals surface area contributed by atoms with Gasteiger partial charge in [-0.05, 0) is 36.4 Å². The van der Waals surface area contributed by atoms with Gasteiger partial charge >= 0.3 is 0 Å². The van der Waals surface area contributed by atoms with Crippen LogP contribution in [0.15, 0.2) is 36.4 Å². The molecule has 7 nitrogen and oxygen atoms in total. The Labute approximate surface area is 122 Å². The second-order valence-electron chi connectivity index (χ2n) is 4.23. The largest absolute Gasteiger partial charge is 0.492 e. The molecular formula is C14H17N5O2. The molecule has 1 heterocycles. The smallest absolute Gasteiger partial charge is 0.271 e. The van der Waals surface area contributed by atoms with Crippen molar-refractivity contribution >= 4 is 17.4 Å². The van der Waals surface area contributed by atoms with E-state index in [4.69, 9.17) is 10.5 Å². The molecule has 0 bridgehead atoms. The van der Waals surface area contributed by atoms with Crippen molar-refractivity contribution in [2.24, 2.45) is 0 Å². The van der Waals surface area contributed by atoms with E-state index in [1.165, 1.54) is 0 Å².